The Balaban J connectivity index is 1.36. The molecule has 5 rings (SSSR count). The summed E-state index contributed by atoms with van der Waals surface area (Å²) in [5.74, 6) is 1.38. The summed E-state index contributed by atoms with van der Waals surface area (Å²) in [6.45, 7) is 4.52. The van der Waals surface area contributed by atoms with Gasteiger partial charge < -0.3 is 15.6 Å². The topological polar surface area (TPSA) is 52.7 Å². The Hall–Kier alpha value is -2.43. The Morgan fingerprint density at radius 1 is 0.621 bits per heavy atom. The molecule has 29 heavy (non-hydrogen) atoms. The maximum Gasteiger partial charge on any atom is 0.0960 e. The molecule has 3 aromatic rings. The van der Waals surface area contributed by atoms with E-state index in [-0.39, 0.29) is 0 Å². The van der Waals surface area contributed by atoms with Crippen LogP contribution in [0.3, 0.4) is 0 Å². The van der Waals surface area contributed by atoms with E-state index in [1.165, 1.54) is 47.9 Å². The molecule has 0 amide bonds. The Bertz CT molecular complexity index is 838. The van der Waals surface area contributed by atoms with Crippen LogP contribution >= 0.6 is 0 Å². The number of nitrogens with one attached hydrogen (secondary N) is 3. The Labute approximate surface area is 173 Å². The van der Waals surface area contributed by atoms with Crippen molar-refractivity contribution in [3.8, 4) is 22.5 Å². The van der Waals surface area contributed by atoms with Crippen LogP contribution in [0.25, 0.3) is 22.5 Å². The number of benzene rings is 2. The third-order valence-corrected chi connectivity index (χ3v) is 6.64. The maximum atomic E-state index is 4.64. The molecule has 0 atom stereocenters. The van der Waals surface area contributed by atoms with Crippen molar-refractivity contribution in [3.05, 3.63) is 66.0 Å². The smallest absolute Gasteiger partial charge is 0.0960 e. The molecule has 2 aliphatic rings. The highest BCUT2D eigenvalue weighted by molar-refractivity contribution is 5.78. The van der Waals surface area contributed by atoms with E-state index in [4.69, 9.17) is 0 Å². The second kappa shape index (κ2) is 8.52. The molecule has 2 aliphatic heterocycles. The monoisotopic (exact) mass is 386 g/mol. The van der Waals surface area contributed by atoms with Crippen LogP contribution in [-0.4, -0.2) is 36.1 Å². The molecule has 0 spiro atoms. The molecule has 4 nitrogen and oxygen atoms in total. The molecule has 3 N–H and O–H groups in total. The van der Waals surface area contributed by atoms with Crippen LogP contribution in [-0.2, 0) is 0 Å². The van der Waals surface area contributed by atoms with Gasteiger partial charge in [0.2, 0.25) is 0 Å². The lowest BCUT2D eigenvalue weighted by Crippen LogP contribution is -2.26. The zero-order valence-corrected chi connectivity index (χ0v) is 17.0. The molecule has 0 saturated carbocycles. The summed E-state index contributed by atoms with van der Waals surface area (Å²) in [5, 5.41) is 6.90. The van der Waals surface area contributed by atoms with E-state index in [0.29, 0.717) is 11.8 Å². The molecule has 150 valence electrons. The van der Waals surface area contributed by atoms with Crippen LogP contribution in [0.1, 0.15) is 48.6 Å². The van der Waals surface area contributed by atoms with Gasteiger partial charge >= 0.3 is 0 Å². The highest BCUT2D eigenvalue weighted by atomic mass is 14.9. The molecule has 0 unspecified atom stereocenters. The first-order chi connectivity index (χ1) is 14.4. The van der Waals surface area contributed by atoms with Gasteiger partial charge in [-0.15, -0.1) is 0 Å². The average molecular weight is 387 g/mol. The molecule has 3 heterocycles. The molecule has 0 bridgehead atoms. The van der Waals surface area contributed by atoms with Crippen molar-refractivity contribution in [1.82, 2.24) is 20.6 Å². The van der Waals surface area contributed by atoms with Crippen molar-refractivity contribution in [1.29, 1.82) is 0 Å². The summed E-state index contributed by atoms with van der Waals surface area (Å²) in [4.78, 5) is 8.01. The van der Waals surface area contributed by atoms with Gasteiger partial charge in [-0.1, -0.05) is 48.5 Å². The van der Waals surface area contributed by atoms with Crippen LogP contribution in [0.2, 0.25) is 0 Å². The average Bonchev–Trinajstić information content (AvgIpc) is 3.30. The molecular weight excluding hydrogens is 356 g/mol. The van der Waals surface area contributed by atoms with E-state index in [1.54, 1.807) is 0 Å². The van der Waals surface area contributed by atoms with Gasteiger partial charge in [-0.25, -0.2) is 4.98 Å². The van der Waals surface area contributed by atoms with E-state index in [9.17, 15) is 0 Å². The number of aromatic amines is 1. The van der Waals surface area contributed by atoms with Crippen molar-refractivity contribution in [2.45, 2.75) is 37.5 Å². The van der Waals surface area contributed by atoms with Crippen molar-refractivity contribution in [2.75, 3.05) is 26.2 Å². The van der Waals surface area contributed by atoms with Crippen molar-refractivity contribution in [3.63, 3.8) is 0 Å². The van der Waals surface area contributed by atoms with Crippen LogP contribution in [0.4, 0.5) is 0 Å². The molecule has 2 aromatic carbocycles. The van der Waals surface area contributed by atoms with E-state index < -0.39 is 0 Å². The summed E-state index contributed by atoms with van der Waals surface area (Å²) in [6, 6.07) is 18.2. The van der Waals surface area contributed by atoms with Gasteiger partial charge in [-0.05, 0) is 74.8 Å². The largest absolute Gasteiger partial charge is 0.344 e. The SMILES string of the molecule is c1nc(-c2ccc(C3CCNCC3)cc2)c(-c2ccc(C3CCNCC3)cc2)[nH]1. The molecule has 1 aromatic heterocycles. The molecule has 2 saturated heterocycles. The van der Waals surface area contributed by atoms with Gasteiger partial charge in [-0.3, -0.25) is 0 Å². The minimum atomic E-state index is 0.687. The minimum absolute atomic E-state index is 0.687. The van der Waals surface area contributed by atoms with Gasteiger partial charge in [0.05, 0.1) is 17.7 Å². The summed E-state index contributed by atoms with van der Waals surface area (Å²) < 4.78 is 0. The molecule has 0 aliphatic carbocycles. The van der Waals surface area contributed by atoms with Gasteiger partial charge in [0.25, 0.3) is 0 Å². The van der Waals surface area contributed by atoms with Gasteiger partial charge in [0.1, 0.15) is 0 Å². The second-order valence-electron chi connectivity index (χ2n) is 8.42. The zero-order chi connectivity index (χ0) is 19.5. The number of hydrogen-bond acceptors (Lipinski definition) is 3. The van der Waals surface area contributed by atoms with Gasteiger partial charge in [-0.2, -0.15) is 0 Å². The summed E-state index contributed by atoms with van der Waals surface area (Å²) in [7, 11) is 0. The number of nitrogens with zero attached hydrogens (tertiary/aromatic N) is 1. The predicted molar refractivity (Wildman–Crippen MR) is 119 cm³/mol. The van der Waals surface area contributed by atoms with E-state index >= 15 is 0 Å². The minimum Gasteiger partial charge on any atom is -0.344 e. The molecule has 0 radical (unpaired) electrons. The summed E-state index contributed by atoms with van der Waals surface area (Å²) in [5.41, 5.74) is 7.45. The normalized spacial score (nSPS) is 18.8. The lowest BCUT2D eigenvalue weighted by atomic mass is 9.89. The molecule has 4 heteroatoms. The second-order valence-corrected chi connectivity index (χ2v) is 8.42. The number of hydrogen-bond donors (Lipinski definition) is 3. The summed E-state index contributed by atoms with van der Waals surface area (Å²) >= 11 is 0. The lowest BCUT2D eigenvalue weighted by molar-refractivity contribution is 0.460. The van der Waals surface area contributed by atoms with Crippen molar-refractivity contribution < 1.29 is 0 Å². The van der Waals surface area contributed by atoms with E-state index in [2.05, 4.69) is 69.1 Å². The first-order valence-corrected chi connectivity index (χ1v) is 11.0. The number of piperidine rings is 2. The first kappa shape index (κ1) is 18.6. The number of imidazole rings is 1. The first-order valence-electron chi connectivity index (χ1n) is 11.0. The quantitative estimate of drug-likeness (QED) is 0.610. The van der Waals surface area contributed by atoms with Gasteiger partial charge in [0, 0.05) is 11.1 Å². The maximum absolute atomic E-state index is 4.64. The van der Waals surface area contributed by atoms with Crippen LogP contribution in [0, 0.1) is 0 Å². The fourth-order valence-electron chi connectivity index (χ4n) is 4.88. The Kier molecular flexibility index (Phi) is 5.46. The lowest BCUT2D eigenvalue weighted by Gasteiger charge is -2.23. The van der Waals surface area contributed by atoms with Gasteiger partial charge in [0.15, 0.2) is 0 Å². The fraction of sp³-hybridized carbons (Fsp3) is 0.400. The molecule has 2 fully saturated rings. The van der Waals surface area contributed by atoms with Crippen LogP contribution < -0.4 is 10.6 Å². The highest BCUT2D eigenvalue weighted by Crippen LogP contribution is 2.33. The zero-order valence-electron chi connectivity index (χ0n) is 17.0. The number of rotatable bonds is 4. The Morgan fingerprint density at radius 3 is 1.62 bits per heavy atom. The predicted octanol–water partition coefficient (Wildman–Crippen LogP) is 4.68. The number of aromatic nitrogens is 2. The van der Waals surface area contributed by atoms with Crippen LogP contribution in [0.15, 0.2) is 54.9 Å². The number of H-pyrrole nitrogens is 1. The Morgan fingerprint density at radius 2 is 1.10 bits per heavy atom. The standard InChI is InChI=1S/C25H30N4/c1-5-22(6-2-18(1)20-9-13-26-14-10-20)24-25(29-17-28-24)23-7-3-19(4-8-23)21-11-15-27-16-12-21/h1-8,17,20-21,26-27H,9-16H2,(H,28,29). The third kappa shape index (κ3) is 4.00. The molecular formula is C25H30N4. The van der Waals surface area contributed by atoms with E-state index in [1.807, 2.05) is 6.33 Å². The van der Waals surface area contributed by atoms with Crippen molar-refractivity contribution >= 4 is 0 Å². The van der Waals surface area contributed by atoms with Crippen molar-refractivity contribution in [2.24, 2.45) is 0 Å². The summed E-state index contributed by atoms with van der Waals surface area (Å²) in [6.07, 6.45) is 6.75. The highest BCUT2D eigenvalue weighted by Gasteiger charge is 2.17. The third-order valence-electron chi connectivity index (χ3n) is 6.64. The fourth-order valence-corrected chi connectivity index (χ4v) is 4.88. The van der Waals surface area contributed by atoms with Crippen LogP contribution in [0.5, 0.6) is 0 Å². The van der Waals surface area contributed by atoms with E-state index in [0.717, 1.165) is 37.6 Å².